The number of aliphatic hydroxyl groups excluding tert-OH is 1. The highest BCUT2D eigenvalue weighted by molar-refractivity contribution is 7.88. The van der Waals surface area contributed by atoms with Gasteiger partial charge in [-0.05, 0) is 36.8 Å². The van der Waals surface area contributed by atoms with Gasteiger partial charge >= 0.3 is 0 Å². The standard InChI is InChI=1S/C28H36N4O6S/c1-18-14-32(19(2)17-33)28(35)23-13-21(10-11-25(23)38-26(18)16-31(4)39(5,36)37)29-27(34)12-20-15-30(3)24-9-7-6-8-22(20)24/h6-11,13,15,18-19,26,33H,12,14,16-17H2,1-5H3,(H,29,34)/t18-,19-,26-/m1/s1. The van der Waals surface area contributed by atoms with Gasteiger partial charge in [-0.1, -0.05) is 25.1 Å². The molecule has 1 aliphatic heterocycles. The number of aryl methyl sites for hydroxylation is 1. The number of sulfonamides is 1. The average molecular weight is 557 g/mol. The van der Waals surface area contributed by atoms with E-state index < -0.39 is 22.2 Å². The number of carbonyl (C=O) groups excluding carboxylic acids is 2. The monoisotopic (exact) mass is 556 g/mol. The van der Waals surface area contributed by atoms with Gasteiger partial charge in [0.2, 0.25) is 15.9 Å². The summed E-state index contributed by atoms with van der Waals surface area (Å²) >= 11 is 0. The number of aromatic nitrogens is 1. The predicted octanol–water partition coefficient (Wildman–Crippen LogP) is 2.47. The maximum atomic E-state index is 13.6. The minimum atomic E-state index is -3.44. The molecule has 0 unspecified atom stereocenters. The second kappa shape index (κ2) is 11.4. The highest BCUT2D eigenvalue weighted by Crippen LogP contribution is 2.31. The number of aliphatic hydroxyl groups is 1. The Morgan fingerprint density at radius 3 is 2.67 bits per heavy atom. The minimum Gasteiger partial charge on any atom is -0.488 e. The smallest absolute Gasteiger partial charge is 0.258 e. The Balaban J connectivity index is 1.62. The lowest BCUT2D eigenvalue weighted by Crippen LogP contribution is -2.50. The Bertz CT molecular complexity index is 1480. The third-order valence-corrected chi connectivity index (χ3v) is 8.56. The number of carbonyl (C=O) groups is 2. The first kappa shape index (κ1) is 28.6. The van der Waals surface area contributed by atoms with E-state index in [2.05, 4.69) is 5.32 Å². The van der Waals surface area contributed by atoms with Crippen molar-refractivity contribution in [2.75, 3.05) is 38.3 Å². The lowest BCUT2D eigenvalue weighted by Gasteiger charge is -2.38. The van der Waals surface area contributed by atoms with Crippen molar-refractivity contribution in [3.8, 4) is 5.75 Å². The Morgan fingerprint density at radius 2 is 1.97 bits per heavy atom. The largest absolute Gasteiger partial charge is 0.488 e. The molecule has 39 heavy (non-hydrogen) atoms. The van der Waals surface area contributed by atoms with E-state index in [0.29, 0.717) is 11.4 Å². The van der Waals surface area contributed by atoms with Crippen LogP contribution in [0.5, 0.6) is 5.75 Å². The van der Waals surface area contributed by atoms with Crippen LogP contribution in [0.4, 0.5) is 5.69 Å². The van der Waals surface area contributed by atoms with Crippen LogP contribution in [0.2, 0.25) is 0 Å². The predicted molar refractivity (Wildman–Crippen MR) is 150 cm³/mol. The van der Waals surface area contributed by atoms with Gasteiger partial charge in [-0.3, -0.25) is 9.59 Å². The van der Waals surface area contributed by atoms with Crippen LogP contribution in [0.15, 0.2) is 48.7 Å². The molecule has 0 saturated carbocycles. The Hall–Kier alpha value is -3.41. The van der Waals surface area contributed by atoms with Crippen LogP contribution in [0.25, 0.3) is 10.9 Å². The van der Waals surface area contributed by atoms with Gasteiger partial charge in [-0.2, -0.15) is 0 Å². The third kappa shape index (κ3) is 6.26. The SMILES string of the molecule is C[C@@H]1CN([C@H](C)CO)C(=O)c2cc(NC(=O)Cc3cn(C)c4ccccc34)ccc2O[C@@H]1CN(C)S(C)(=O)=O. The van der Waals surface area contributed by atoms with E-state index in [0.717, 1.165) is 22.7 Å². The second-order valence-electron chi connectivity index (χ2n) is 10.4. The van der Waals surface area contributed by atoms with Crippen LogP contribution in [-0.2, 0) is 28.3 Å². The Labute approximate surface area is 229 Å². The molecule has 1 aromatic heterocycles. The van der Waals surface area contributed by atoms with Crippen LogP contribution in [0.3, 0.4) is 0 Å². The normalized spacial score (nSPS) is 18.8. The number of hydrogen-bond acceptors (Lipinski definition) is 6. The summed E-state index contributed by atoms with van der Waals surface area (Å²) in [6, 6.07) is 12.3. The van der Waals surface area contributed by atoms with Gasteiger partial charge in [0.05, 0.1) is 37.4 Å². The fourth-order valence-electron chi connectivity index (χ4n) is 4.85. The highest BCUT2D eigenvalue weighted by atomic mass is 32.2. The molecule has 0 bridgehead atoms. The molecule has 0 radical (unpaired) electrons. The summed E-state index contributed by atoms with van der Waals surface area (Å²) in [4.78, 5) is 28.2. The minimum absolute atomic E-state index is 0.0957. The van der Waals surface area contributed by atoms with Crippen LogP contribution in [-0.4, -0.2) is 84.3 Å². The molecular formula is C28H36N4O6S. The zero-order chi connectivity index (χ0) is 28.5. The summed E-state index contributed by atoms with van der Waals surface area (Å²) in [5, 5.41) is 13.7. The molecule has 0 aliphatic carbocycles. The van der Waals surface area contributed by atoms with E-state index in [1.54, 1.807) is 30.0 Å². The van der Waals surface area contributed by atoms with Gasteiger partial charge < -0.3 is 24.6 Å². The first-order chi connectivity index (χ1) is 18.4. The molecule has 0 spiro atoms. The highest BCUT2D eigenvalue weighted by Gasteiger charge is 2.34. The molecule has 10 nitrogen and oxygen atoms in total. The number of amides is 2. The van der Waals surface area contributed by atoms with Gasteiger partial charge in [0.25, 0.3) is 5.91 Å². The first-order valence-corrected chi connectivity index (χ1v) is 14.7. The van der Waals surface area contributed by atoms with E-state index in [9.17, 15) is 23.1 Å². The molecular weight excluding hydrogens is 520 g/mol. The Morgan fingerprint density at radius 1 is 1.26 bits per heavy atom. The van der Waals surface area contributed by atoms with Crippen LogP contribution < -0.4 is 10.1 Å². The van der Waals surface area contributed by atoms with Gasteiger partial charge in [0.15, 0.2) is 0 Å². The molecule has 3 aromatic rings. The molecule has 4 rings (SSSR count). The van der Waals surface area contributed by atoms with Crippen molar-refractivity contribution in [3.63, 3.8) is 0 Å². The fourth-order valence-corrected chi connectivity index (χ4v) is 5.27. The van der Waals surface area contributed by atoms with Crippen LogP contribution in [0.1, 0.15) is 29.8 Å². The second-order valence-corrected chi connectivity index (χ2v) is 12.5. The zero-order valence-corrected chi connectivity index (χ0v) is 23.7. The van der Waals surface area contributed by atoms with Gasteiger partial charge in [-0.15, -0.1) is 0 Å². The van der Waals surface area contributed by atoms with E-state index in [4.69, 9.17) is 4.74 Å². The number of nitrogens with zero attached hydrogens (tertiary/aromatic N) is 3. The maximum absolute atomic E-state index is 13.6. The molecule has 2 N–H and O–H groups in total. The van der Waals surface area contributed by atoms with Crippen LogP contribution >= 0.6 is 0 Å². The number of fused-ring (bicyclic) bond motifs is 2. The van der Waals surface area contributed by atoms with Gasteiger partial charge in [0.1, 0.15) is 11.9 Å². The number of anilines is 1. The van der Waals surface area contributed by atoms with Crippen molar-refractivity contribution in [2.45, 2.75) is 32.4 Å². The van der Waals surface area contributed by atoms with Crippen molar-refractivity contribution in [2.24, 2.45) is 13.0 Å². The lowest BCUT2D eigenvalue weighted by atomic mass is 9.99. The number of nitrogens with one attached hydrogen (secondary N) is 1. The zero-order valence-electron chi connectivity index (χ0n) is 22.9. The van der Waals surface area contributed by atoms with E-state index in [1.165, 1.54) is 11.4 Å². The molecule has 0 saturated heterocycles. The quantitative estimate of drug-likeness (QED) is 0.440. The number of hydrogen-bond donors (Lipinski definition) is 2. The molecule has 1 aliphatic rings. The summed E-state index contributed by atoms with van der Waals surface area (Å²) in [5.74, 6) is -0.494. The lowest BCUT2D eigenvalue weighted by molar-refractivity contribution is -0.115. The molecule has 2 heterocycles. The van der Waals surface area contributed by atoms with Crippen molar-refractivity contribution in [3.05, 3.63) is 59.8 Å². The van der Waals surface area contributed by atoms with Crippen molar-refractivity contribution < 1.29 is 27.9 Å². The molecule has 3 atom stereocenters. The fraction of sp³-hybridized carbons (Fsp3) is 0.429. The Kier molecular flexibility index (Phi) is 8.34. The van der Waals surface area contributed by atoms with E-state index in [-0.39, 0.29) is 49.4 Å². The first-order valence-electron chi connectivity index (χ1n) is 12.9. The number of benzene rings is 2. The number of para-hydroxylation sites is 1. The summed E-state index contributed by atoms with van der Waals surface area (Å²) in [6.07, 6.45) is 2.68. The molecule has 0 fully saturated rings. The van der Waals surface area contributed by atoms with Gasteiger partial charge in [-0.25, -0.2) is 12.7 Å². The number of likely N-dealkylation sites (N-methyl/N-ethyl adjacent to an activating group) is 1. The summed E-state index contributed by atoms with van der Waals surface area (Å²) in [6.45, 7) is 3.76. The number of ether oxygens (including phenoxy) is 1. The summed E-state index contributed by atoms with van der Waals surface area (Å²) < 4.78 is 33.6. The third-order valence-electron chi connectivity index (χ3n) is 7.28. The number of rotatable bonds is 8. The molecule has 2 aromatic carbocycles. The maximum Gasteiger partial charge on any atom is 0.258 e. The molecule has 11 heteroatoms. The molecule has 210 valence electrons. The summed E-state index contributed by atoms with van der Waals surface area (Å²) in [7, 11) is -0.0230. The van der Waals surface area contributed by atoms with E-state index in [1.807, 2.05) is 49.0 Å². The van der Waals surface area contributed by atoms with Crippen molar-refractivity contribution in [1.29, 1.82) is 0 Å². The van der Waals surface area contributed by atoms with E-state index >= 15 is 0 Å². The molecule has 2 amide bonds. The topological polar surface area (TPSA) is 121 Å². The van der Waals surface area contributed by atoms with Crippen LogP contribution in [0, 0.1) is 5.92 Å². The van der Waals surface area contributed by atoms with Crippen molar-refractivity contribution in [1.82, 2.24) is 13.8 Å². The van der Waals surface area contributed by atoms with Crippen molar-refractivity contribution >= 4 is 38.4 Å². The average Bonchev–Trinajstić information content (AvgIpc) is 3.20. The summed E-state index contributed by atoms with van der Waals surface area (Å²) in [5.41, 5.74) is 2.60. The van der Waals surface area contributed by atoms with Gasteiger partial charge in [0, 0.05) is 49.3 Å².